The minimum Gasteiger partial charge on any atom is -0.369 e. The van der Waals surface area contributed by atoms with Gasteiger partial charge in [-0.15, -0.1) is 0 Å². The fraction of sp³-hybridized carbons (Fsp3) is 0.923. The summed E-state index contributed by atoms with van der Waals surface area (Å²) in [6.45, 7) is 9.42. The summed E-state index contributed by atoms with van der Waals surface area (Å²) in [5.41, 5.74) is 5.29. The Bertz CT molecular complexity index is 225. The second-order valence-corrected chi connectivity index (χ2v) is 5.25. The number of carbonyl (C=O) groups is 1. The minimum atomic E-state index is -0.184. The molecule has 0 aromatic heterocycles. The second-order valence-electron chi connectivity index (χ2n) is 5.25. The van der Waals surface area contributed by atoms with Crippen molar-refractivity contribution >= 4 is 5.91 Å². The fourth-order valence-electron chi connectivity index (χ4n) is 2.33. The van der Waals surface area contributed by atoms with Crippen molar-refractivity contribution in [2.24, 2.45) is 17.6 Å². The minimum absolute atomic E-state index is 0.0234. The van der Waals surface area contributed by atoms with E-state index in [4.69, 9.17) is 5.73 Å². The maximum Gasteiger partial charge on any atom is 0.221 e. The van der Waals surface area contributed by atoms with Crippen LogP contribution < -0.4 is 11.1 Å². The van der Waals surface area contributed by atoms with Gasteiger partial charge in [-0.2, -0.15) is 0 Å². The standard InChI is InChI=1S/C13H27N3O/c1-3-6-15-9-12-4-7-16(8-5-12)10-11(2)13(14)17/h11-12,15H,3-10H2,1-2H3,(H2,14,17). The van der Waals surface area contributed by atoms with E-state index in [0.29, 0.717) is 0 Å². The number of nitrogens with two attached hydrogens (primary N) is 1. The summed E-state index contributed by atoms with van der Waals surface area (Å²) >= 11 is 0. The van der Waals surface area contributed by atoms with E-state index in [9.17, 15) is 4.79 Å². The summed E-state index contributed by atoms with van der Waals surface area (Å²) in [6.07, 6.45) is 3.68. The predicted molar refractivity (Wildman–Crippen MR) is 70.7 cm³/mol. The van der Waals surface area contributed by atoms with Crippen LogP contribution in [0.1, 0.15) is 33.1 Å². The number of nitrogens with zero attached hydrogens (tertiary/aromatic N) is 1. The molecule has 0 aromatic carbocycles. The molecule has 1 aliphatic rings. The Hall–Kier alpha value is -0.610. The van der Waals surface area contributed by atoms with Crippen molar-refractivity contribution in [3.8, 4) is 0 Å². The molecule has 1 fully saturated rings. The van der Waals surface area contributed by atoms with Crippen LogP contribution in [0.25, 0.3) is 0 Å². The zero-order valence-electron chi connectivity index (χ0n) is 11.2. The van der Waals surface area contributed by atoms with E-state index in [0.717, 1.165) is 38.6 Å². The normalized spacial score (nSPS) is 20.4. The first-order chi connectivity index (χ1) is 8.13. The van der Waals surface area contributed by atoms with Crippen LogP contribution in [0, 0.1) is 11.8 Å². The van der Waals surface area contributed by atoms with E-state index in [-0.39, 0.29) is 11.8 Å². The molecule has 1 heterocycles. The smallest absolute Gasteiger partial charge is 0.221 e. The maximum atomic E-state index is 11.0. The zero-order valence-corrected chi connectivity index (χ0v) is 11.2. The number of nitrogens with one attached hydrogen (secondary N) is 1. The first kappa shape index (κ1) is 14.5. The Morgan fingerprint density at radius 1 is 1.47 bits per heavy atom. The molecule has 4 nitrogen and oxygen atoms in total. The average Bonchev–Trinajstić information content (AvgIpc) is 2.31. The van der Waals surface area contributed by atoms with Gasteiger partial charge in [-0.1, -0.05) is 13.8 Å². The highest BCUT2D eigenvalue weighted by Gasteiger charge is 2.21. The quantitative estimate of drug-likeness (QED) is 0.649. The lowest BCUT2D eigenvalue weighted by Crippen LogP contribution is -2.41. The molecule has 0 bridgehead atoms. The van der Waals surface area contributed by atoms with Gasteiger partial charge >= 0.3 is 0 Å². The molecule has 4 heteroatoms. The number of likely N-dealkylation sites (tertiary alicyclic amines) is 1. The maximum absolute atomic E-state index is 11.0. The van der Waals surface area contributed by atoms with Gasteiger partial charge < -0.3 is 16.0 Å². The number of primary amides is 1. The number of hydrogen-bond donors (Lipinski definition) is 2. The molecule has 1 unspecified atom stereocenters. The predicted octanol–water partition coefficient (Wildman–Crippen LogP) is 0.819. The van der Waals surface area contributed by atoms with Crippen LogP contribution >= 0.6 is 0 Å². The Morgan fingerprint density at radius 2 is 2.12 bits per heavy atom. The SMILES string of the molecule is CCCNCC1CCN(CC(C)C(N)=O)CC1. The Morgan fingerprint density at radius 3 is 2.65 bits per heavy atom. The highest BCUT2D eigenvalue weighted by molar-refractivity contribution is 5.76. The topological polar surface area (TPSA) is 58.4 Å². The van der Waals surface area contributed by atoms with Gasteiger partial charge in [0.15, 0.2) is 0 Å². The molecule has 0 aromatic rings. The zero-order chi connectivity index (χ0) is 12.7. The van der Waals surface area contributed by atoms with Gasteiger partial charge in [0, 0.05) is 12.5 Å². The molecule has 17 heavy (non-hydrogen) atoms. The van der Waals surface area contributed by atoms with Crippen molar-refractivity contribution in [2.75, 3.05) is 32.7 Å². The van der Waals surface area contributed by atoms with Gasteiger partial charge in [0.2, 0.25) is 5.91 Å². The molecule has 1 amide bonds. The number of amides is 1. The average molecular weight is 241 g/mol. The largest absolute Gasteiger partial charge is 0.369 e. The summed E-state index contributed by atoms with van der Waals surface area (Å²) in [5.74, 6) is 0.600. The molecule has 1 aliphatic heterocycles. The summed E-state index contributed by atoms with van der Waals surface area (Å²) in [6, 6.07) is 0. The van der Waals surface area contributed by atoms with Crippen LogP contribution in [0.2, 0.25) is 0 Å². The molecule has 1 rings (SSSR count). The Labute approximate surface area is 105 Å². The summed E-state index contributed by atoms with van der Waals surface area (Å²) < 4.78 is 0. The van der Waals surface area contributed by atoms with Crippen LogP contribution in [-0.4, -0.2) is 43.5 Å². The van der Waals surface area contributed by atoms with Crippen LogP contribution in [-0.2, 0) is 4.79 Å². The van der Waals surface area contributed by atoms with Crippen molar-refractivity contribution in [3.05, 3.63) is 0 Å². The fourth-order valence-corrected chi connectivity index (χ4v) is 2.33. The molecule has 1 saturated heterocycles. The van der Waals surface area contributed by atoms with E-state index >= 15 is 0 Å². The van der Waals surface area contributed by atoms with Crippen molar-refractivity contribution in [1.82, 2.24) is 10.2 Å². The number of rotatable bonds is 7. The van der Waals surface area contributed by atoms with Crippen molar-refractivity contribution < 1.29 is 4.79 Å². The van der Waals surface area contributed by atoms with Gasteiger partial charge in [-0.25, -0.2) is 0 Å². The second kappa shape index (κ2) is 7.67. The van der Waals surface area contributed by atoms with Gasteiger partial charge in [0.25, 0.3) is 0 Å². The molecule has 1 atom stereocenters. The third kappa shape index (κ3) is 5.50. The third-order valence-corrected chi connectivity index (χ3v) is 3.58. The van der Waals surface area contributed by atoms with Crippen molar-refractivity contribution in [3.63, 3.8) is 0 Å². The summed E-state index contributed by atoms with van der Waals surface area (Å²) in [4.78, 5) is 13.4. The molecule has 100 valence electrons. The van der Waals surface area contributed by atoms with Gasteiger partial charge in [-0.3, -0.25) is 4.79 Å². The van der Waals surface area contributed by atoms with Gasteiger partial charge in [0.1, 0.15) is 0 Å². The van der Waals surface area contributed by atoms with Crippen molar-refractivity contribution in [2.45, 2.75) is 33.1 Å². The molecule has 3 N–H and O–H groups in total. The monoisotopic (exact) mass is 241 g/mol. The highest BCUT2D eigenvalue weighted by atomic mass is 16.1. The lowest BCUT2D eigenvalue weighted by atomic mass is 9.96. The molecule has 0 saturated carbocycles. The third-order valence-electron chi connectivity index (χ3n) is 3.58. The number of carbonyl (C=O) groups excluding carboxylic acids is 1. The number of piperidine rings is 1. The molecular formula is C13H27N3O. The van der Waals surface area contributed by atoms with Crippen LogP contribution in [0.5, 0.6) is 0 Å². The highest BCUT2D eigenvalue weighted by Crippen LogP contribution is 2.17. The van der Waals surface area contributed by atoms with Crippen molar-refractivity contribution in [1.29, 1.82) is 0 Å². The van der Waals surface area contributed by atoms with E-state index in [1.165, 1.54) is 19.3 Å². The molecular weight excluding hydrogens is 214 g/mol. The molecule has 0 aliphatic carbocycles. The van der Waals surface area contributed by atoms with E-state index in [1.54, 1.807) is 0 Å². The first-order valence-electron chi connectivity index (χ1n) is 6.85. The van der Waals surface area contributed by atoms with E-state index in [1.807, 2.05) is 6.92 Å². The van der Waals surface area contributed by atoms with Gasteiger partial charge in [0.05, 0.1) is 0 Å². The van der Waals surface area contributed by atoms with E-state index in [2.05, 4.69) is 17.1 Å². The summed E-state index contributed by atoms with van der Waals surface area (Å²) in [7, 11) is 0. The Balaban J connectivity index is 2.15. The Kier molecular flexibility index (Phi) is 6.52. The van der Waals surface area contributed by atoms with Crippen LogP contribution in [0.3, 0.4) is 0 Å². The first-order valence-corrected chi connectivity index (χ1v) is 6.85. The lowest BCUT2D eigenvalue weighted by Gasteiger charge is -2.33. The van der Waals surface area contributed by atoms with Crippen LogP contribution in [0.15, 0.2) is 0 Å². The molecule has 0 spiro atoms. The van der Waals surface area contributed by atoms with Gasteiger partial charge in [-0.05, 0) is 51.4 Å². The summed E-state index contributed by atoms with van der Waals surface area (Å²) in [5, 5.41) is 3.49. The van der Waals surface area contributed by atoms with Crippen LogP contribution in [0.4, 0.5) is 0 Å². The lowest BCUT2D eigenvalue weighted by molar-refractivity contribution is -0.121. The van der Waals surface area contributed by atoms with E-state index < -0.39 is 0 Å². The number of hydrogen-bond acceptors (Lipinski definition) is 3. The molecule has 0 radical (unpaired) electrons.